The van der Waals surface area contributed by atoms with Gasteiger partial charge in [-0.25, -0.2) is 15.0 Å². The van der Waals surface area contributed by atoms with Crippen LogP contribution in [0.1, 0.15) is 49.7 Å². The first-order valence-corrected chi connectivity index (χ1v) is 14.3. The van der Waals surface area contributed by atoms with E-state index in [4.69, 9.17) is 20.4 Å². The molecule has 2 N–H and O–H groups in total. The van der Waals surface area contributed by atoms with Crippen LogP contribution in [0.2, 0.25) is 0 Å². The standard InChI is InChI=1S/C29H34N6OS/c1-34-26-24(36-19-29(34)9-4-5-10-29)22(8-13-31-26)37-27-25(30)33-23(18-32-27)35-14-11-28(12-15-35)16-20-6-2-3-7-21(20)17-28/h2-3,6-8,13,18H,4-5,9-12,14-17,19H2,1H3,(H2,30,33). The van der Waals surface area contributed by atoms with Gasteiger partial charge in [0.1, 0.15) is 17.5 Å². The third-order valence-electron chi connectivity index (χ3n) is 9.25. The molecule has 1 saturated heterocycles. The van der Waals surface area contributed by atoms with Crippen LogP contribution in [0.4, 0.5) is 17.5 Å². The van der Waals surface area contributed by atoms with E-state index in [1.165, 1.54) is 61.4 Å². The van der Waals surface area contributed by atoms with Gasteiger partial charge in [-0.05, 0) is 61.1 Å². The van der Waals surface area contributed by atoms with Crippen molar-refractivity contribution in [1.82, 2.24) is 15.0 Å². The molecule has 192 valence electrons. The lowest BCUT2D eigenvalue weighted by Gasteiger charge is -2.44. The number of aromatic nitrogens is 3. The topological polar surface area (TPSA) is 80.4 Å². The number of ether oxygens (including phenoxy) is 1. The van der Waals surface area contributed by atoms with Crippen molar-refractivity contribution in [3.8, 4) is 5.75 Å². The number of fused-ring (bicyclic) bond motifs is 2. The molecule has 8 heteroatoms. The summed E-state index contributed by atoms with van der Waals surface area (Å²) in [4.78, 5) is 19.9. The number of nitrogens with two attached hydrogens (primary N) is 1. The lowest BCUT2D eigenvalue weighted by atomic mass is 9.76. The number of anilines is 3. The Hall–Kier alpha value is -3.00. The summed E-state index contributed by atoms with van der Waals surface area (Å²) in [6, 6.07) is 10.9. The predicted octanol–water partition coefficient (Wildman–Crippen LogP) is 5.13. The van der Waals surface area contributed by atoms with Gasteiger partial charge in [0.2, 0.25) is 0 Å². The molecule has 2 aliphatic carbocycles. The Bertz CT molecular complexity index is 1300. The van der Waals surface area contributed by atoms with E-state index in [2.05, 4.69) is 46.1 Å². The van der Waals surface area contributed by atoms with Crippen molar-refractivity contribution in [3.63, 3.8) is 0 Å². The maximum atomic E-state index is 6.46. The normalized spacial score (nSPS) is 21.2. The minimum Gasteiger partial charge on any atom is -0.486 e. The first kappa shape index (κ1) is 23.1. The number of benzene rings is 1. The molecule has 0 unspecified atom stereocenters. The highest BCUT2D eigenvalue weighted by Gasteiger charge is 2.44. The van der Waals surface area contributed by atoms with Gasteiger partial charge in [0.15, 0.2) is 17.4 Å². The minimum absolute atomic E-state index is 0.0814. The molecule has 4 heterocycles. The summed E-state index contributed by atoms with van der Waals surface area (Å²) in [5.41, 5.74) is 10.0. The maximum Gasteiger partial charge on any atom is 0.175 e. The number of likely N-dealkylation sites (N-methyl/N-ethyl adjacent to an activating group) is 1. The summed E-state index contributed by atoms with van der Waals surface area (Å²) < 4.78 is 6.34. The van der Waals surface area contributed by atoms with Gasteiger partial charge in [0.05, 0.1) is 16.6 Å². The van der Waals surface area contributed by atoms with E-state index in [0.717, 1.165) is 48.2 Å². The number of nitrogens with zero attached hydrogens (tertiary/aromatic N) is 5. The van der Waals surface area contributed by atoms with Crippen molar-refractivity contribution in [2.45, 2.75) is 66.8 Å². The van der Waals surface area contributed by atoms with Crippen molar-refractivity contribution in [1.29, 1.82) is 0 Å². The number of piperidine rings is 1. The van der Waals surface area contributed by atoms with E-state index in [9.17, 15) is 0 Å². The molecule has 0 amide bonds. The van der Waals surface area contributed by atoms with Crippen molar-refractivity contribution < 1.29 is 4.74 Å². The van der Waals surface area contributed by atoms with Gasteiger partial charge in [0, 0.05) is 26.3 Å². The average molecular weight is 515 g/mol. The van der Waals surface area contributed by atoms with Crippen molar-refractivity contribution in [3.05, 3.63) is 53.9 Å². The van der Waals surface area contributed by atoms with Crippen LogP contribution in [0.25, 0.3) is 0 Å². The minimum atomic E-state index is 0.0814. The number of pyridine rings is 1. The molecule has 2 fully saturated rings. The second-order valence-electron chi connectivity index (χ2n) is 11.4. The van der Waals surface area contributed by atoms with E-state index in [-0.39, 0.29) is 5.54 Å². The Balaban J connectivity index is 1.05. The molecule has 1 aromatic carbocycles. The zero-order valence-electron chi connectivity index (χ0n) is 21.4. The Morgan fingerprint density at radius 2 is 1.70 bits per heavy atom. The molecule has 0 atom stereocenters. The van der Waals surface area contributed by atoms with Gasteiger partial charge in [0.25, 0.3) is 0 Å². The van der Waals surface area contributed by atoms with Gasteiger partial charge in [-0.3, -0.25) is 0 Å². The molecule has 2 aromatic heterocycles. The van der Waals surface area contributed by atoms with Crippen LogP contribution in [-0.4, -0.2) is 47.2 Å². The average Bonchev–Trinajstić information content (AvgIpc) is 3.53. The van der Waals surface area contributed by atoms with Gasteiger partial charge in [-0.1, -0.05) is 48.9 Å². The molecule has 37 heavy (non-hydrogen) atoms. The second-order valence-corrected chi connectivity index (χ2v) is 12.4. The number of rotatable bonds is 3. The summed E-state index contributed by atoms with van der Waals surface area (Å²) in [5.74, 6) is 3.09. The number of hydrogen-bond donors (Lipinski definition) is 1. The SMILES string of the molecule is CN1c2nccc(Sc3ncc(N4CCC5(CC4)Cc4ccccc4C5)nc3N)c2OCC12CCCC2. The molecule has 0 bridgehead atoms. The molecule has 2 aliphatic heterocycles. The van der Waals surface area contributed by atoms with Gasteiger partial charge >= 0.3 is 0 Å². The van der Waals surface area contributed by atoms with Crippen molar-refractivity contribution in [2.75, 3.05) is 42.3 Å². The summed E-state index contributed by atoms with van der Waals surface area (Å²) in [5, 5.41) is 0.712. The summed E-state index contributed by atoms with van der Waals surface area (Å²) in [6.45, 7) is 2.69. The Kier molecular flexibility index (Phi) is 5.50. The highest BCUT2D eigenvalue weighted by atomic mass is 32.2. The highest BCUT2D eigenvalue weighted by molar-refractivity contribution is 7.99. The van der Waals surface area contributed by atoms with Gasteiger partial charge in [-0.15, -0.1) is 0 Å². The van der Waals surface area contributed by atoms with E-state index in [1.54, 1.807) is 0 Å². The van der Waals surface area contributed by atoms with E-state index >= 15 is 0 Å². The van der Waals surface area contributed by atoms with Crippen LogP contribution in [0.15, 0.2) is 52.6 Å². The summed E-state index contributed by atoms with van der Waals surface area (Å²) in [7, 11) is 2.16. The zero-order chi connectivity index (χ0) is 25.0. The summed E-state index contributed by atoms with van der Waals surface area (Å²) in [6.07, 6.45) is 13.3. The maximum absolute atomic E-state index is 6.46. The lowest BCUT2D eigenvalue weighted by molar-refractivity contribution is 0.189. The fourth-order valence-electron chi connectivity index (χ4n) is 6.97. The smallest absolute Gasteiger partial charge is 0.175 e. The Labute approximate surface area is 222 Å². The van der Waals surface area contributed by atoms with Gasteiger partial charge < -0.3 is 20.3 Å². The molecule has 1 saturated carbocycles. The van der Waals surface area contributed by atoms with Crippen LogP contribution in [-0.2, 0) is 12.8 Å². The second kappa shape index (κ2) is 8.79. The fourth-order valence-corrected chi connectivity index (χ4v) is 7.81. The molecular weight excluding hydrogens is 480 g/mol. The molecule has 7 rings (SSSR count). The van der Waals surface area contributed by atoms with E-state index < -0.39 is 0 Å². The molecular formula is C29H34N6OS. The third-order valence-corrected chi connectivity index (χ3v) is 10.3. The van der Waals surface area contributed by atoms with E-state index in [0.29, 0.717) is 22.9 Å². The zero-order valence-corrected chi connectivity index (χ0v) is 22.3. The van der Waals surface area contributed by atoms with Crippen molar-refractivity contribution in [2.24, 2.45) is 5.41 Å². The number of hydrogen-bond acceptors (Lipinski definition) is 8. The molecule has 3 aromatic rings. The largest absolute Gasteiger partial charge is 0.486 e. The molecule has 2 spiro atoms. The summed E-state index contributed by atoms with van der Waals surface area (Å²) >= 11 is 1.52. The van der Waals surface area contributed by atoms with Crippen LogP contribution < -0.4 is 20.3 Å². The first-order valence-electron chi connectivity index (χ1n) is 13.5. The molecule has 0 radical (unpaired) electrons. The Morgan fingerprint density at radius 1 is 0.973 bits per heavy atom. The molecule has 4 aliphatic rings. The first-order chi connectivity index (χ1) is 18.0. The molecule has 7 nitrogen and oxygen atoms in total. The lowest BCUT2D eigenvalue weighted by Crippen LogP contribution is -2.52. The van der Waals surface area contributed by atoms with Crippen molar-refractivity contribution >= 4 is 29.2 Å². The number of nitrogen functional groups attached to an aromatic ring is 1. The van der Waals surface area contributed by atoms with Crippen LogP contribution in [0, 0.1) is 5.41 Å². The fraction of sp³-hybridized carbons (Fsp3) is 0.483. The van der Waals surface area contributed by atoms with Crippen LogP contribution in [0.3, 0.4) is 0 Å². The predicted molar refractivity (Wildman–Crippen MR) is 148 cm³/mol. The monoisotopic (exact) mass is 514 g/mol. The quantitative estimate of drug-likeness (QED) is 0.515. The van der Waals surface area contributed by atoms with E-state index in [1.807, 2.05) is 18.5 Å². The highest BCUT2D eigenvalue weighted by Crippen LogP contribution is 2.49. The third kappa shape index (κ3) is 3.92. The van der Waals surface area contributed by atoms with Gasteiger partial charge in [-0.2, -0.15) is 0 Å². The van der Waals surface area contributed by atoms with Crippen LogP contribution >= 0.6 is 11.8 Å². The Morgan fingerprint density at radius 3 is 2.41 bits per heavy atom. The van der Waals surface area contributed by atoms with Crippen LogP contribution in [0.5, 0.6) is 5.75 Å².